The number of nitrogens with one attached hydrogen (secondary N) is 4. The van der Waals surface area contributed by atoms with Gasteiger partial charge in [-0.2, -0.15) is 15.2 Å². The lowest BCUT2D eigenvalue weighted by Gasteiger charge is -2.16. The SMILES string of the molecule is Cc1cc(-c2cc(Nc3nc(N[C@@H](C)c4ccc(F)cc4)c4cccn4n3)n[nH]2)n[nH]1. The lowest BCUT2D eigenvalue weighted by atomic mass is 10.1. The van der Waals surface area contributed by atoms with Gasteiger partial charge in [0.05, 0.1) is 11.7 Å². The molecule has 9 nitrogen and oxygen atoms in total. The van der Waals surface area contributed by atoms with Crippen molar-refractivity contribution in [1.82, 2.24) is 35.0 Å². The Morgan fingerprint density at radius 3 is 2.68 bits per heavy atom. The first kappa shape index (κ1) is 18.8. The highest BCUT2D eigenvalue weighted by molar-refractivity contribution is 5.70. The van der Waals surface area contributed by atoms with E-state index in [0.29, 0.717) is 17.6 Å². The van der Waals surface area contributed by atoms with Crippen molar-refractivity contribution >= 4 is 23.1 Å². The second-order valence-corrected chi connectivity index (χ2v) is 7.27. The van der Waals surface area contributed by atoms with E-state index in [0.717, 1.165) is 28.2 Å². The number of hydrogen-bond donors (Lipinski definition) is 4. The molecule has 0 fully saturated rings. The van der Waals surface area contributed by atoms with Gasteiger partial charge in [-0.1, -0.05) is 12.1 Å². The summed E-state index contributed by atoms with van der Waals surface area (Å²) in [4.78, 5) is 4.63. The summed E-state index contributed by atoms with van der Waals surface area (Å²) in [6.07, 6.45) is 1.85. The van der Waals surface area contributed by atoms with Gasteiger partial charge in [0.2, 0.25) is 5.95 Å². The molecule has 5 aromatic rings. The van der Waals surface area contributed by atoms with Crippen molar-refractivity contribution in [1.29, 1.82) is 0 Å². The third-order valence-corrected chi connectivity index (χ3v) is 4.91. The largest absolute Gasteiger partial charge is 0.362 e. The summed E-state index contributed by atoms with van der Waals surface area (Å²) >= 11 is 0. The lowest BCUT2D eigenvalue weighted by Crippen LogP contribution is -2.11. The Morgan fingerprint density at radius 1 is 1.06 bits per heavy atom. The molecule has 4 N–H and O–H groups in total. The van der Waals surface area contributed by atoms with Gasteiger partial charge in [-0.05, 0) is 49.7 Å². The number of hydrogen-bond acceptors (Lipinski definition) is 6. The van der Waals surface area contributed by atoms with Crippen molar-refractivity contribution in [2.45, 2.75) is 19.9 Å². The first-order valence-electron chi connectivity index (χ1n) is 9.77. The van der Waals surface area contributed by atoms with E-state index in [4.69, 9.17) is 0 Å². The van der Waals surface area contributed by atoms with Gasteiger partial charge < -0.3 is 10.6 Å². The quantitative estimate of drug-likeness (QED) is 0.329. The number of anilines is 3. The number of H-pyrrole nitrogens is 2. The molecule has 0 aliphatic heterocycles. The van der Waals surface area contributed by atoms with Crippen molar-refractivity contribution in [3.63, 3.8) is 0 Å². The maximum atomic E-state index is 13.2. The average Bonchev–Trinajstić information content (AvgIpc) is 3.49. The van der Waals surface area contributed by atoms with Crippen LogP contribution in [0.3, 0.4) is 0 Å². The van der Waals surface area contributed by atoms with Crippen molar-refractivity contribution in [3.05, 3.63) is 71.8 Å². The van der Waals surface area contributed by atoms with Crippen LogP contribution in [0.15, 0.2) is 54.7 Å². The number of aryl methyl sites for hydroxylation is 1. The number of halogens is 1. The number of rotatable bonds is 6. The second-order valence-electron chi connectivity index (χ2n) is 7.27. The van der Waals surface area contributed by atoms with Crippen LogP contribution in [0.4, 0.5) is 22.0 Å². The zero-order valence-corrected chi connectivity index (χ0v) is 16.9. The minimum Gasteiger partial charge on any atom is -0.362 e. The molecule has 0 saturated heterocycles. The molecule has 0 aliphatic rings. The Labute approximate surface area is 176 Å². The molecule has 156 valence electrons. The van der Waals surface area contributed by atoms with E-state index >= 15 is 0 Å². The van der Waals surface area contributed by atoms with Crippen molar-refractivity contribution in [3.8, 4) is 11.4 Å². The monoisotopic (exact) mass is 417 g/mol. The van der Waals surface area contributed by atoms with Crippen molar-refractivity contribution in [2.24, 2.45) is 0 Å². The number of benzene rings is 1. The summed E-state index contributed by atoms with van der Waals surface area (Å²) in [5, 5.41) is 25.4. The third kappa shape index (κ3) is 3.82. The molecule has 0 spiro atoms. The molecule has 0 aliphatic carbocycles. The lowest BCUT2D eigenvalue weighted by molar-refractivity contribution is 0.626. The molecule has 4 heterocycles. The highest BCUT2D eigenvalue weighted by Crippen LogP contribution is 2.25. The second kappa shape index (κ2) is 7.56. The van der Waals surface area contributed by atoms with E-state index in [1.54, 1.807) is 16.6 Å². The van der Waals surface area contributed by atoms with Crippen LogP contribution in [0.2, 0.25) is 0 Å². The molecule has 0 radical (unpaired) electrons. The first-order chi connectivity index (χ1) is 15.0. The fourth-order valence-electron chi connectivity index (χ4n) is 3.32. The third-order valence-electron chi connectivity index (χ3n) is 4.91. The number of aromatic amines is 2. The van der Waals surface area contributed by atoms with E-state index in [1.165, 1.54) is 12.1 Å². The molecule has 0 amide bonds. The van der Waals surface area contributed by atoms with Crippen LogP contribution in [0.1, 0.15) is 24.2 Å². The van der Waals surface area contributed by atoms with Crippen molar-refractivity contribution < 1.29 is 4.39 Å². The fraction of sp³-hybridized carbons (Fsp3) is 0.143. The van der Waals surface area contributed by atoms with E-state index in [9.17, 15) is 4.39 Å². The van der Waals surface area contributed by atoms with Crippen LogP contribution in [-0.4, -0.2) is 35.0 Å². The minimum absolute atomic E-state index is 0.0815. The zero-order chi connectivity index (χ0) is 21.4. The predicted octanol–water partition coefficient (Wildman–Crippen LogP) is 4.21. The normalized spacial score (nSPS) is 12.2. The summed E-state index contributed by atoms with van der Waals surface area (Å²) < 4.78 is 15.0. The van der Waals surface area contributed by atoms with Gasteiger partial charge in [-0.25, -0.2) is 8.91 Å². The Kier molecular flexibility index (Phi) is 4.58. The van der Waals surface area contributed by atoms with Crippen LogP contribution in [0.5, 0.6) is 0 Å². The Hall–Kier alpha value is -4.21. The number of nitrogens with zero attached hydrogens (tertiary/aromatic N) is 5. The molecule has 1 atom stereocenters. The highest BCUT2D eigenvalue weighted by atomic mass is 19.1. The maximum Gasteiger partial charge on any atom is 0.248 e. The van der Waals surface area contributed by atoms with E-state index in [2.05, 4.69) is 41.1 Å². The minimum atomic E-state index is -0.262. The van der Waals surface area contributed by atoms with Crippen LogP contribution in [0.25, 0.3) is 16.9 Å². The van der Waals surface area contributed by atoms with Crippen LogP contribution in [0, 0.1) is 12.7 Å². The standard InChI is InChI=1S/C21H20FN9/c1-12-10-16(27-26-12)17-11-19(29-28-17)24-21-25-20(18-4-3-9-31(18)30-21)23-13(2)14-5-7-15(22)8-6-14/h3-11,13H,1-2H3,(H,26,27)(H3,23,24,25,28,29,30)/t13-/m0/s1. The van der Waals surface area contributed by atoms with Gasteiger partial charge in [0.15, 0.2) is 11.6 Å². The maximum absolute atomic E-state index is 13.2. The Balaban J connectivity index is 1.41. The molecular formula is C21H20FN9. The summed E-state index contributed by atoms with van der Waals surface area (Å²) in [7, 11) is 0. The van der Waals surface area contributed by atoms with Gasteiger partial charge in [0.1, 0.15) is 17.0 Å². The van der Waals surface area contributed by atoms with Gasteiger partial charge in [-0.15, -0.1) is 5.10 Å². The van der Waals surface area contributed by atoms with Gasteiger partial charge in [-0.3, -0.25) is 10.2 Å². The molecule has 0 unspecified atom stereocenters. The van der Waals surface area contributed by atoms with E-state index in [-0.39, 0.29) is 11.9 Å². The molecule has 4 aromatic heterocycles. The highest BCUT2D eigenvalue weighted by Gasteiger charge is 2.14. The van der Waals surface area contributed by atoms with Crippen LogP contribution in [-0.2, 0) is 0 Å². The molecule has 1 aromatic carbocycles. The molecule has 10 heteroatoms. The molecule has 0 saturated carbocycles. The summed E-state index contributed by atoms with van der Waals surface area (Å²) in [5.41, 5.74) is 4.29. The molecule has 31 heavy (non-hydrogen) atoms. The van der Waals surface area contributed by atoms with Gasteiger partial charge in [0.25, 0.3) is 0 Å². The van der Waals surface area contributed by atoms with E-state index in [1.807, 2.05) is 44.3 Å². The Morgan fingerprint density at radius 2 is 1.90 bits per heavy atom. The van der Waals surface area contributed by atoms with E-state index < -0.39 is 0 Å². The van der Waals surface area contributed by atoms with Crippen molar-refractivity contribution in [2.75, 3.05) is 10.6 Å². The topological polar surface area (TPSA) is 112 Å². The fourth-order valence-corrected chi connectivity index (χ4v) is 3.32. The summed E-state index contributed by atoms with van der Waals surface area (Å²) in [6, 6.07) is 13.9. The summed E-state index contributed by atoms with van der Waals surface area (Å²) in [5.74, 6) is 1.34. The molecule has 0 bridgehead atoms. The average molecular weight is 417 g/mol. The smallest absolute Gasteiger partial charge is 0.248 e. The van der Waals surface area contributed by atoms with Crippen LogP contribution >= 0.6 is 0 Å². The van der Waals surface area contributed by atoms with Gasteiger partial charge in [0, 0.05) is 18.0 Å². The van der Waals surface area contributed by atoms with Gasteiger partial charge >= 0.3 is 0 Å². The predicted molar refractivity (Wildman–Crippen MR) is 116 cm³/mol. The van der Waals surface area contributed by atoms with Crippen LogP contribution < -0.4 is 10.6 Å². The number of aromatic nitrogens is 7. The first-order valence-corrected chi connectivity index (χ1v) is 9.77. The molecular weight excluding hydrogens is 397 g/mol. The zero-order valence-electron chi connectivity index (χ0n) is 16.9. The Bertz CT molecular complexity index is 1330. The summed E-state index contributed by atoms with van der Waals surface area (Å²) in [6.45, 7) is 3.93. The molecule has 5 rings (SSSR count). The number of fused-ring (bicyclic) bond motifs is 1.